The van der Waals surface area contributed by atoms with E-state index in [0.29, 0.717) is 6.42 Å². The molecule has 0 aliphatic carbocycles. The van der Waals surface area contributed by atoms with Gasteiger partial charge in [0.2, 0.25) is 5.91 Å². The molecule has 0 radical (unpaired) electrons. The minimum absolute atomic E-state index is 0.0864. The topological polar surface area (TPSA) is 49.4 Å². The normalized spacial score (nSPS) is 20.4. The van der Waals surface area contributed by atoms with Crippen LogP contribution in [0.4, 0.5) is 14.5 Å². The second-order valence-corrected chi connectivity index (χ2v) is 4.86. The summed E-state index contributed by atoms with van der Waals surface area (Å²) in [4.78, 5) is 25.1. The number of imide groups is 1. The van der Waals surface area contributed by atoms with E-state index >= 15 is 0 Å². The third-order valence-electron chi connectivity index (χ3n) is 3.50. The number of likely N-dealkylation sites (tertiary alicyclic amines) is 1. The van der Waals surface area contributed by atoms with Crippen molar-refractivity contribution in [1.82, 2.24) is 4.90 Å². The molecular weight excluding hydrogens is 266 g/mol. The van der Waals surface area contributed by atoms with Gasteiger partial charge in [-0.05, 0) is 25.5 Å². The first-order chi connectivity index (χ1) is 9.45. The summed E-state index contributed by atoms with van der Waals surface area (Å²) in [6.07, 6.45) is 0.551. The second kappa shape index (κ2) is 5.56. The van der Waals surface area contributed by atoms with Gasteiger partial charge < -0.3 is 5.32 Å². The molecule has 1 N–H and O–H groups in total. The number of hydrogen-bond donors (Lipinski definition) is 1. The molecule has 4 nitrogen and oxygen atoms in total. The summed E-state index contributed by atoms with van der Waals surface area (Å²) >= 11 is 0. The molecule has 2 unspecified atom stereocenters. The van der Waals surface area contributed by atoms with Gasteiger partial charge in [-0.3, -0.25) is 14.5 Å². The Hall–Kier alpha value is -1.98. The van der Waals surface area contributed by atoms with E-state index < -0.39 is 23.6 Å². The quantitative estimate of drug-likeness (QED) is 0.862. The van der Waals surface area contributed by atoms with Crippen molar-refractivity contribution < 1.29 is 18.4 Å². The first kappa shape index (κ1) is 14.4. The molecule has 1 aliphatic rings. The van der Waals surface area contributed by atoms with E-state index in [2.05, 4.69) is 5.32 Å². The molecule has 1 heterocycles. The number of hydrogen-bond acceptors (Lipinski definition) is 3. The van der Waals surface area contributed by atoms with Gasteiger partial charge in [0.1, 0.15) is 23.4 Å². The fraction of sp³-hybridized carbons (Fsp3) is 0.429. The van der Waals surface area contributed by atoms with Crippen molar-refractivity contribution in [3.63, 3.8) is 0 Å². The maximum atomic E-state index is 13.5. The van der Waals surface area contributed by atoms with Crippen molar-refractivity contribution in [2.24, 2.45) is 0 Å². The maximum absolute atomic E-state index is 13.5. The number of halogens is 2. The van der Waals surface area contributed by atoms with Crippen molar-refractivity contribution in [2.45, 2.75) is 38.8 Å². The number of nitrogens with zero attached hydrogens (tertiary/aromatic N) is 1. The molecular formula is C14H16F2N2O2. The highest BCUT2D eigenvalue weighted by molar-refractivity contribution is 6.07. The molecule has 108 valence electrons. The Labute approximate surface area is 115 Å². The van der Waals surface area contributed by atoms with Crippen LogP contribution in [-0.4, -0.2) is 28.8 Å². The molecule has 0 saturated carbocycles. The maximum Gasteiger partial charge on any atom is 0.252 e. The van der Waals surface area contributed by atoms with E-state index in [0.717, 1.165) is 17.0 Å². The van der Waals surface area contributed by atoms with Crippen LogP contribution in [0.1, 0.15) is 26.7 Å². The van der Waals surface area contributed by atoms with Gasteiger partial charge in [0.25, 0.3) is 5.91 Å². The fourth-order valence-corrected chi connectivity index (χ4v) is 2.22. The number of nitrogens with one attached hydrogen (secondary N) is 1. The molecule has 0 aromatic heterocycles. The first-order valence-electron chi connectivity index (χ1n) is 6.52. The molecule has 0 bridgehead atoms. The number of anilines is 1. The van der Waals surface area contributed by atoms with Crippen molar-refractivity contribution in [1.29, 1.82) is 0 Å². The molecule has 1 aliphatic heterocycles. The number of carbonyl (C=O) groups is 2. The van der Waals surface area contributed by atoms with E-state index in [9.17, 15) is 18.4 Å². The lowest BCUT2D eigenvalue weighted by molar-refractivity contribution is -0.140. The van der Waals surface area contributed by atoms with Crippen LogP contribution in [0.15, 0.2) is 18.2 Å². The van der Waals surface area contributed by atoms with E-state index in [1.165, 1.54) is 6.07 Å². The number of benzene rings is 1. The average Bonchev–Trinajstić information content (AvgIpc) is 2.68. The summed E-state index contributed by atoms with van der Waals surface area (Å²) in [5.74, 6) is -2.33. The molecule has 2 atom stereocenters. The van der Waals surface area contributed by atoms with Crippen LogP contribution in [-0.2, 0) is 9.59 Å². The molecule has 2 rings (SSSR count). The highest BCUT2D eigenvalue weighted by Crippen LogP contribution is 2.24. The summed E-state index contributed by atoms with van der Waals surface area (Å²) in [6.45, 7) is 3.63. The predicted molar refractivity (Wildman–Crippen MR) is 70.0 cm³/mol. The zero-order valence-electron chi connectivity index (χ0n) is 11.3. The van der Waals surface area contributed by atoms with Crippen LogP contribution in [0.25, 0.3) is 0 Å². The molecule has 1 saturated heterocycles. The van der Waals surface area contributed by atoms with Gasteiger partial charge in [0, 0.05) is 6.04 Å². The second-order valence-electron chi connectivity index (χ2n) is 4.86. The van der Waals surface area contributed by atoms with E-state index in [1.54, 1.807) is 6.92 Å². The minimum atomic E-state index is -0.914. The van der Waals surface area contributed by atoms with E-state index in [-0.39, 0.29) is 24.1 Å². The molecule has 1 fully saturated rings. The Balaban J connectivity index is 2.20. The van der Waals surface area contributed by atoms with Gasteiger partial charge in [-0.15, -0.1) is 0 Å². The van der Waals surface area contributed by atoms with Crippen molar-refractivity contribution >= 4 is 17.5 Å². The summed E-state index contributed by atoms with van der Waals surface area (Å²) in [5.41, 5.74) is -0.371. The Bertz CT molecular complexity index is 528. The van der Waals surface area contributed by atoms with Gasteiger partial charge in [-0.25, -0.2) is 8.78 Å². The SMILES string of the molecule is CCC(C)N1C(=O)CC(Nc2c(F)cccc2F)C1=O. The standard InChI is InChI=1S/C14H16F2N2O2/c1-3-8(2)18-12(19)7-11(14(18)20)17-13-9(15)5-4-6-10(13)16/h4-6,8,11,17H,3,7H2,1-2H3. The summed E-state index contributed by atoms with van der Waals surface area (Å²) in [7, 11) is 0. The van der Waals surface area contributed by atoms with E-state index in [4.69, 9.17) is 0 Å². The third-order valence-corrected chi connectivity index (χ3v) is 3.50. The monoisotopic (exact) mass is 282 g/mol. The van der Waals surface area contributed by atoms with Crippen LogP contribution in [0.2, 0.25) is 0 Å². The number of para-hydroxylation sites is 1. The van der Waals surface area contributed by atoms with Gasteiger partial charge >= 0.3 is 0 Å². The van der Waals surface area contributed by atoms with Crippen molar-refractivity contribution in [3.05, 3.63) is 29.8 Å². The summed E-state index contributed by atoms with van der Waals surface area (Å²) < 4.78 is 27.1. The largest absolute Gasteiger partial charge is 0.368 e. The highest BCUT2D eigenvalue weighted by Gasteiger charge is 2.41. The van der Waals surface area contributed by atoms with Crippen LogP contribution < -0.4 is 5.32 Å². The van der Waals surface area contributed by atoms with Crippen LogP contribution in [0.3, 0.4) is 0 Å². The molecule has 1 aromatic rings. The van der Waals surface area contributed by atoms with Gasteiger partial charge in [0.15, 0.2) is 0 Å². The Morgan fingerprint density at radius 2 is 1.95 bits per heavy atom. The van der Waals surface area contributed by atoms with Crippen molar-refractivity contribution in [2.75, 3.05) is 5.32 Å². The van der Waals surface area contributed by atoms with Gasteiger partial charge in [-0.2, -0.15) is 0 Å². The Kier molecular flexibility index (Phi) is 4.01. The fourth-order valence-electron chi connectivity index (χ4n) is 2.22. The summed E-state index contributed by atoms with van der Waals surface area (Å²) in [6, 6.07) is 2.30. The molecule has 20 heavy (non-hydrogen) atoms. The Morgan fingerprint density at radius 3 is 2.50 bits per heavy atom. The first-order valence-corrected chi connectivity index (χ1v) is 6.52. The smallest absolute Gasteiger partial charge is 0.252 e. The lowest BCUT2D eigenvalue weighted by Crippen LogP contribution is -2.40. The summed E-state index contributed by atoms with van der Waals surface area (Å²) in [5, 5.41) is 2.50. The van der Waals surface area contributed by atoms with E-state index in [1.807, 2.05) is 6.92 Å². The zero-order valence-corrected chi connectivity index (χ0v) is 11.3. The van der Waals surface area contributed by atoms with Gasteiger partial charge in [0.05, 0.1) is 6.42 Å². The van der Waals surface area contributed by atoms with Crippen LogP contribution in [0.5, 0.6) is 0 Å². The van der Waals surface area contributed by atoms with Crippen LogP contribution in [0, 0.1) is 11.6 Å². The minimum Gasteiger partial charge on any atom is -0.368 e. The third kappa shape index (κ3) is 2.50. The van der Waals surface area contributed by atoms with Crippen LogP contribution >= 0.6 is 0 Å². The molecule has 2 amide bonds. The number of carbonyl (C=O) groups excluding carboxylic acids is 2. The number of rotatable bonds is 4. The molecule has 6 heteroatoms. The highest BCUT2D eigenvalue weighted by atomic mass is 19.1. The lowest BCUT2D eigenvalue weighted by atomic mass is 10.2. The predicted octanol–water partition coefficient (Wildman–Crippen LogP) is 2.30. The zero-order chi connectivity index (χ0) is 14.9. The Morgan fingerprint density at radius 1 is 1.35 bits per heavy atom. The van der Waals surface area contributed by atoms with Crippen molar-refractivity contribution in [3.8, 4) is 0 Å². The molecule has 1 aromatic carbocycles. The number of amides is 2. The van der Waals surface area contributed by atoms with Gasteiger partial charge in [-0.1, -0.05) is 13.0 Å². The lowest BCUT2D eigenvalue weighted by Gasteiger charge is -2.22. The average molecular weight is 282 g/mol. The molecule has 0 spiro atoms.